The normalized spacial score (nSPS) is 11.2. The summed E-state index contributed by atoms with van der Waals surface area (Å²) in [5.74, 6) is 0.732. The van der Waals surface area contributed by atoms with Crippen LogP contribution in [0.3, 0.4) is 0 Å². The van der Waals surface area contributed by atoms with Gasteiger partial charge < -0.3 is 9.47 Å². The zero-order valence-corrected chi connectivity index (χ0v) is 19.1. The van der Waals surface area contributed by atoms with Gasteiger partial charge in [-0.1, -0.05) is 82.7 Å². The van der Waals surface area contributed by atoms with Gasteiger partial charge in [-0.2, -0.15) is 0 Å². The molecule has 3 nitrogen and oxygen atoms in total. The van der Waals surface area contributed by atoms with Crippen molar-refractivity contribution in [3.05, 3.63) is 58.9 Å². The van der Waals surface area contributed by atoms with E-state index in [1.54, 1.807) is 0 Å². The Kier molecular flexibility index (Phi) is 10.3. The molecule has 0 aliphatic heterocycles. The zero-order chi connectivity index (χ0) is 21.1. The first-order valence-corrected chi connectivity index (χ1v) is 11.5. The lowest BCUT2D eigenvalue weighted by molar-refractivity contribution is -0.132. The number of halogens is 1. The SMILES string of the molecule is CCCCCCCCC(=O)N(Cc1cccn1Cc1ccccc1Cl)CC(C)C. The van der Waals surface area contributed by atoms with Crippen molar-refractivity contribution in [2.75, 3.05) is 6.54 Å². The minimum atomic E-state index is 0.277. The van der Waals surface area contributed by atoms with Gasteiger partial charge in [0.2, 0.25) is 5.91 Å². The summed E-state index contributed by atoms with van der Waals surface area (Å²) >= 11 is 6.34. The van der Waals surface area contributed by atoms with Crippen molar-refractivity contribution in [2.24, 2.45) is 5.92 Å². The molecule has 0 spiro atoms. The largest absolute Gasteiger partial charge is 0.345 e. The molecule has 0 aliphatic carbocycles. The standard InChI is InChI=1S/C25H37ClN2O/c1-4-5-6-7-8-9-16-25(29)28(18-21(2)3)20-23-14-12-17-27(23)19-22-13-10-11-15-24(22)26/h10-15,17,21H,4-9,16,18-20H2,1-3H3. The highest BCUT2D eigenvalue weighted by Gasteiger charge is 2.17. The van der Waals surface area contributed by atoms with E-state index in [9.17, 15) is 4.79 Å². The van der Waals surface area contributed by atoms with E-state index in [2.05, 4.69) is 49.7 Å². The van der Waals surface area contributed by atoms with Crippen LogP contribution in [0.5, 0.6) is 0 Å². The van der Waals surface area contributed by atoms with E-state index < -0.39 is 0 Å². The zero-order valence-electron chi connectivity index (χ0n) is 18.4. The Balaban J connectivity index is 1.97. The Morgan fingerprint density at radius 2 is 1.76 bits per heavy atom. The summed E-state index contributed by atoms with van der Waals surface area (Å²) in [4.78, 5) is 14.9. The molecule has 0 fully saturated rings. The van der Waals surface area contributed by atoms with Gasteiger partial charge >= 0.3 is 0 Å². The molecule has 0 atom stereocenters. The predicted octanol–water partition coefficient (Wildman–Crippen LogP) is 6.93. The number of hydrogen-bond acceptors (Lipinski definition) is 1. The van der Waals surface area contributed by atoms with Crippen LogP contribution in [-0.4, -0.2) is 21.9 Å². The Hall–Kier alpha value is -1.74. The van der Waals surface area contributed by atoms with Crippen molar-refractivity contribution in [1.29, 1.82) is 0 Å². The lowest BCUT2D eigenvalue weighted by atomic mass is 10.1. The Morgan fingerprint density at radius 1 is 1.03 bits per heavy atom. The third kappa shape index (κ3) is 8.26. The van der Waals surface area contributed by atoms with E-state index in [0.717, 1.165) is 42.2 Å². The highest BCUT2D eigenvalue weighted by molar-refractivity contribution is 6.31. The number of nitrogens with zero attached hydrogens (tertiary/aromatic N) is 2. The van der Waals surface area contributed by atoms with Gasteiger partial charge in [0.15, 0.2) is 0 Å². The van der Waals surface area contributed by atoms with Gasteiger partial charge in [-0.25, -0.2) is 0 Å². The summed E-state index contributed by atoms with van der Waals surface area (Å²) in [5, 5.41) is 0.783. The number of carbonyl (C=O) groups is 1. The van der Waals surface area contributed by atoms with Crippen LogP contribution in [0, 0.1) is 5.92 Å². The number of amides is 1. The highest BCUT2D eigenvalue weighted by Crippen LogP contribution is 2.19. The molecule has 2 rings (SSSR count). The number of benzene rings is 1. The van der Waals surface area contributed by atoms with Crippen LogP contribution in [-0.2, 0) is 17.9 Å². The molecule has 0 N–H and O–H groups in total. The first-order chi connectivity index (χ1) is 14.0. The molecule has 1 aromatic carbocycles. The van der Waals surface area contributed by atoms with Gasteiger partial charge in [-0.15, -0.1) is 0 Å². The molecule has 0 aliphatic rings. The number of rotatable bonds is 13. The van der Waals surface area contributed by atoms with E-state index >= 15 is 0 Å². The van der Waals surface area contributed by atoms with Gasteiger partial charge in [-0.05, 0) is 36.1 Å². The Morgan fingerprint density at radius 3 is 2.48 bits per heavy atom. The Labute approximate surface area is 182 Å². The number of unbranched alkanes of at least 4 members (excludes halogenated alkanes) is 5. The van der Waals surface area contributed by atoms with Gasteiger partial charge in [0.05, 0.1) is 6.54 Å². The topological polar surface area (TPSA) is 25.2 Å². The lowest BCUT2D eigenvalue weighted by Gasteiger charge is -2.25. The van der Waals surface area contributed by atoms with Crippen LogP contribution in [0.2, 0.25) is 5.02 Å². The molecule has 160 valence electrons. The first kappa shape index (κ1) is 23.5. The number of carbonyl (C=O) groups excluding carboxylic acids is 1. The second-order valence-corrected chi connectivity index (χ2v) is 8.81. The summed E-state index contributed by atoms with van der Waals surface area (Å²) in [7, 11) is 0. The second-order valence-electron chi connectivity index (χ2n) is 8.40. The van der Waals surface area contributed by atoms with Crippen molar-refractivity contribution >= 4 is 17.5 Å². The maximum absolute atomic E-state index is 12.9. The predicted molar refractivity (Wildman–Crippen MR) is 123 cm³/mol. The van der Waals surface area contributed by atoms with E-state index in [4.69, 9.17) is 11.6 Å². The molecule has 1 heterocycles. The lowest BCUT2D eigenvalue weighted by Crippen LogP contribution is -2.34. The van der Waals surface area contributed by atoms with Gasteiger partial charge in [0, 0.05) is 36.4 Å². The third-order valence-corrected chi connectivity index (χ3v) is 5.63. The summed E-state index contributed by atoms with van der Waals surface area (Å²) in [6.45, 7) is 8.76. The molecule has 29 heavy (non-hydrogen) atoms. The minimum Gasteiger partial charge on any atom is -0.345 e. The fourth-order valence-electron chi connectivity index (χ4n) is 3.66. The smallest absolute Gasteiger partial charge is 0.222 e. The van der Waals surface area contributed by atoms with E-state index in [1.165, 1.54) is 25.7 Å². The molecule has 1 aromatic heterocycles. The quantitative estimate of drug-likeness (QED) is 0.325. The van der Waals surface area contributed by atoms with Crippen molar-refractivity contribution in [1.82, 2.24) is 9.47 Å². The van der Waals surface area contributed by atoms with Gasteiger partial charge in [0.25, 0.3) is 0 Å². The maximum atomic E-state index is 12.9. The molecular formula is C25H37ClN2O. The van der Waals surface area contributed by atoms with Crippen molar-refractivity contribution in [3.8, 4) is 0 Å². The molecular weight excluding hydrogens is 380 g/mol. The fraction of sp³-hybridized carbons (Fsp3) is 0.560. The van der Waals surface area contributed by atoms with Crippen LogP contribution in [0.25, 0.3) is 0 Å². The van der Waals surface area contributed by atoms with E-state index in [0.29, 0.717) is 18.9 Å². The average molecular weight is 417 g/mol. The van der Waals surface area contributed by atoms with E-state index in [-0.39, 0.29) is 5.91 Å². The van der Waals surface area contributed by atoms with Gasteiger partial charge in [-0.3, -0.25) is 4.79 Å². The van der Waals surface area contributed by atoms with Gasteiger partial charge in [0.1, 0.15) is 0 Å². The van der Waals surface area contributed by atoms with Crippen molar-refractivity contribution < 1.29 is 4.79 Å². The van der Waals surface area contributed by atoms with Crippen LogP contribution in [0.15, 0.2) is 42.6 Å². The van der Waals surface area contributed by atoms with Crippen LogP contribution < -0.4 is 0 Å². The third-order valence-electron chi connectivity index (χ3n) is 5.26. The second kappa shape index (κ2) is 12.7. The number of aromatic nitrogens is 1. The van der Waals surface area contributed by atoms with Crippen LogP contribution in [0.4, 0.5) is 0 Å². The van der Waals surface area contributed by atoms with Crippen molar-refractivity contribution in [3.63, 3.8) is 0 Å². The molecule has 0 saturated heterocycles. The fourth-order valence-corrected chi connectivity index (χ4v) is 3.86. The minimum absolute atomic E-state index is 0.277. The molecule has 1 amide bonds. The first-order valence-electron chi connectivity index (χ1n) is 11.2. The molecule has 2 aromatic rings. The van der Waals surface area contributed by atoms with E-state index in [1.807, 2.05) is 23.1 Å². The van der Waals surface area contributed by atoms with Crippen LogP contribution >= 0.6 is 11.6 Å². The summed E-state index contributed by atoms with van der Waals surface area (Å²) in [5.41, 5.74) is 2.25. The maximum Gasteiger partial charge on any atom is 0.222 e. The van der Waals surface area contributed by atoms with Crippen LogP contribution in [0.1, 0.15) is 77.0 Å². The summed E-state index contributed by atoms with van der Waals surface area (Å²) < 4.78 is 2.20. The number of hydrogen-bond donors (Lipinski definition) is 0. The van der Waals surface area contributed by atoms with Crippen molar-refractivity contribution in [2.45, 2.75) is 78.8 Å². The molecule has 0 saturated carbocycles. The monoisotopic (exact) mass is 416 g/mol. The molecule has 0 unspecified atom stereocenters. The Bertz CT molecular complexity index is 738. The molecule has 0 bridgehead atoms. The summed E-state index contributed by atoms with van der Waals surface area (Å²) in [6, 6.07) is 12.1. The highest BCUT2D eigenvalue weighted by atomic mass is 35.5. The molecule has 0 radical (unpaired) electrons. The molecule has 4 heteroatoms. The average Bonchev–Trinajstić information content (AvgIpc) is 3.12. The summed E-state index contributed by atoms with van der Waals surface area (Å²) in [6.07, 6.45) is 9.98.